The van der Waals surface area contributed by atoms with E-state index in [-0.39, 0.29) is 29.8 Å². The van der Waals surface area contributed by atoms with E-state index in [1.54, 1.807) is 4.68 Å². The molecule has 1 amide bonds. The number of hydrogen-bond acceptors (Lipinski definition) is 4. The Morgan fingerprint density at radius 2 is 2.27 bits per heavy atom. The van der Waals surface area contributed by atoms with Gasteiger partial charge in [-0.3, -0.25) is 9.48 Å². The second kappa shape index (κ2) is 6.79. The van der Waals surface area contributed by atoms with E-state index in [0.29, 0.717) is 13.1 Å². The normalized spacial score (nSPS) is 32.1. The molecule has 4 atom stereocenters. The number of aliphatic hydroxyl groups is 1. The van der Waals surface area contributed by atoms with Gasteiger partial charge in [0.15, 0.2) is 0 Å². The van der Waals surface area contributed by atoms with Gasteiger partial charge in [0.25, 0.3) is 0 Å². The van der Waals surface area contributed by atoms with Crippen LogP contribution in [0.2, 0.25) is 0 Å². The van der Waals surface area contributed by atoms with Gasteiger partial charge in [-0.2, -0.15) is 5.10 Å². The first-order valence-electron chi connectivity index (χ1n) is 8.30. The van der Waals surface area contributed by atoms with E-state index < -0.39 is 0 Å². The van der Waals surface area contributed by atoms with Gasteiger partial charge in [-0.05, 0) is 18.4 Å². The third-order valence-electron chi connectivity index (χ3n) is 5.11. The number of hydrogen-bond donors (Lipinski definition) is 3. The number of carbonyl (C=O) groups is 1. The molecule has 1 aromatic rings. The largest absolute Gasteiger partial charge is 0.393 e. The number of nitrogens with zero attached hydrogens (tertiary/aromatic N) is 2. The molecule has 6 nitrogen and oxygen atoms in total. The van der Waals surface area contributed by atoms with E-state index >= 15 is 0 Å². The molecule has 2 heterocycles. The first kappa shape index (κ1) is 15.5. The number of rotatable bonds is 4. The van der Waals surface area contributed by atoms with Crippen LogP contribution in [0.25, 0.3) is 0 Å². The van der Waals surface area contributed by atoms with Crippen LogP contribution in [0, 0.1) is 11.8 Å². The maximum atomic E-state index is 12.5. The van der Waals surface area contributed by atoms with E-state index in [1.807, 2.05) is 19.4 Å². The summed E-state index contributed by atoms with van der Waals surface area (Å²) < 4.78 is 1.78. The van der Waals surface area contributed by atoms with E-state index in [9.17, 15) is 9.90 Å². The second-order valence-electron chi connectivity index (χ2n) is 6.68. The Bertz CT molecular complexity index is 516. The molecule has 0 spiro atoms. The van der Waals surface area contributed by atoms with Crippen LogP contribution in [-0.2, 0) is 11.8 Å². The average Bonchev–Trinajstić information content (AvgIpc) is 3.14. The number of amides is 1. The fraction of sp³-hybridized carbons (Fsp3) is 0.750. The summed E-state index contributed by atoms with van der Waals surface area (Å²) in [5, 5.41) is 20.6. The molecule has 3 rings (SSSR count). The number of carbonyl (C=O) groups excluding carboxylic acids is 1. The fourth-order valence-corrected chi connectivity index (χ4v) is 3.73. The predicted molar refractivity (Wildman–Crippen MR) is 83.3 cm³/mol. The molecule has 2 fully saturated rings. The molecule has 1 aromatic heterocycles. The van der Waals surface area contributed by atoms with Gasteiger partial charge in [0.05, 0.1) is 18.2 Å². The van der Waals surface area contributed by atoms with Crippen molar-refractivity contribution in [3.05, 3.63) is 18.0 Å². The number of aryl methyl sites for hydroxylation is 1. The second-order valence-corrected chi connectivity index (χ2v) is 6.68. The Morgan fingerprint density at radius 1 is 1.45 bits per heavy atom. The Labute approximate surface area is 131 Å². The summed E-state index contributed by atoms with van der Waals surface area (Å²) in [7, 11) is 1.89. The minimum atomic E-state index is -0.259. The van der Waals surface area contributed by atoms with E-state index in [0.717, 1.165) is 37.8 Å². The summed E-state index contributed by atoms with van der Waals surface area (Å²) in [6.07, 6.45) is 7.71. The van der Waals surface area contributed by atoms with Crippen molar-refractivity contribution in [3.63, 3.8) is 0 Å². The van der Waals surface area contributed by atoms with Crippen LogP contribution in [0.15, 0.2) is 12.4 Å². The third kappa shape index (κ3) is 3.33. The highest BCUT2D eigenvalue weighted by atomic mass is 16.3. The van der Waals surface area contributed by atoms with Crippen molar-refractivity contribution in [3.8, 4) is 0 Å². The lowest BCUT2D eigenvalue weighted by atomic mass is 9.86. The van der Waals surface area contributed by atoms with Crippen LogP contribution in [0.3, 0.4) is 0 Å². The minimum absolute atomic E-state index is 0.0510. The summed E-state index contributed by atoms with van der Waals surface area (Å²) >= 11 is 0. The molecule has 22 heavy (non-hydrogen) atoms. The Balaban J connectivity index is 1.56. The first-order valence-corrected chi connectivity index (χ1v) is 8.30. The van der Waals surface area contributed by atoms with Gasteiger partial charge in [-0.1, -0.05) is 12.8 Å². The molecule has 0 radical (unpaired) electrons. The van der Waals surface area contributed by atoms with Gasteiger partial charge in [-0.15, -0.1) is 0 Å². The van der Waals surface area contributed by atoms with Crippen molar-refractivity contribution in [2.45, 2.75) is 37.7 Å². The standard InChI is InChI=1S/C16H26N4O2/c1-20-10-12(7-19-20)13-8-17-9-14(13)16(22)18-6-11-4-2-3-5-15(11)21/h7,10-11,13-15,17,21H,2-6,8-9H2,1H3,(H,18,22)/t11?,13-,14+,15?/m1/s1. The molecule has 6 heteroatoms. The van der Waals surface area contributed by atoms with Gasteiger partial charge in [0.2, 0.25) is 5.91 Å². The molecular formula is C16H26N4O2. The molecule has 2 aliphatic rings. The molecular weight excluding hydrogens is 280 g/mol. The van der Waals surface area contributed by atoms with Crippen molar-refractivity contribution in [2.24, 2.45) is 18.9 Å². The smallest absolute Gasteiger partial charge is 0.225 e. The number of aromatic nitrogens is 2. The predicted octanol–water partition coefficient (Wildman–Crippen LogP) is 0.390. The molecule has 1 aliphatic carbocycles. The van der Waals surface area contributed by atoms with Gasteiger partial charge >= 0.3 is 0 Å². The zero-order valence-electron chi connectivity index (χ0n) is 13.2. The summed E-state index contributed by atoms with van der Waals surface area (Å²) in [4.78, 5) is 12.5. The lowest BCUT2D eigenvalue weighted by Crippen LogP contribution is -2.40. The number of aliphatic hydroxyl groups excluding tert-OH is 1. The molecule has 2 unspecified atom stereocenters. The molecule has 1 saturated carbocycles. The molecule has 122 valence electrons. The topological polar surface area (TPSA) is 79.2 Å². The van der Waals surface area contributed by atoms with Crippen LogP contribution >= 0.6 is 0 Å². The molecule has 0 bridgehead atoms. The summed E-state index contributed by atoms with van der Waals surface area (Å²) in [5.41, 5.74) is 1.12. The van der Waals surface area contributed by atoms with Gasteiger partial charge < -0.3 is 15.7 Å². The van der Waals surface area contributed by atoms with E-state index in [4.69, 9.17) is 0 Å². The maximum absolute atomic E-state index is 12.5. The van der Waals surface area contributed by atoms with Crippen molar-refractivity contribution in [1.29, 1.82) is 0 Å². The van der Waals surface area contributed by atoms with Crippen LogP contribution in [0.1, 0.15) is 37.2 Å². The zero-order chi connectivity index (χ0) is 15.5. The van der Waals surface area contributed by atoms with Gasteiger partial charge in [0.1, 0.15) is 0 Å². The lowest BCUT2D eigenvalue weighted by Gasteiger charge is -2.28. The Hall–Kier alpha value is -1.40. The average molecular weight is 306 g/mol. The van der Waals surface area contributed by atoms with E-state index in [1.165, 1.54) is 0 Å². The van der Waals surface area contributed by atoms with Crippen molar-refractivity contribution in [2.75, 3.05) is 19.6 Å². The van der Waals surface area contributed by atoms with Crippen LogP contribution < -0.4 is 10.6 Å². The number of nitrogens with one attached hydrogen (secondary N) is 2. The molecule has 0 aromatic carbocycles. The zero-order valence-corrected chi connectivity index (χ0v) is 13.2. The lowest BCUT2D eigenvalue weighted by molar-refractivity contribution is -0.125. The van der Waals surface area contributed by atoms with Crippen molar-refractivity contribution >= 4 is 5.91 Å². The SMILES string of the molecule is Cn1cc([C@H]2CNC[C@@H]2C(=O)NCC2CCCCC2O)cn1. The summed E-state index contributed by atoms with van der Waals surface area (Å²) in [5.74, 6) is 0.440. The Kier molecular flexibility index (Phi) is 4.78. The fourth-order valence-electron chi connectivity index (χ4n) is 3.73. The maximum Gasteiger partial charge on any atom is 0.225 e. The third-order valence-corrected chi connectivity index (χ3v) is 5.11. The van der Waals surface area contributed by atoms with Crippen LogP contribution in [0.4, 0.5) is 0 Å². The van der Waals surface area contributed by atoms with Gasteiger partial charge in [-0.25, -0.2) is 0 Å². The Morgan fingerprint density at radius 3 is 3.00 bits per heavy atom. The van der Waals surface area contributed by atoms with Crippen molar-refractivity contribution < 1.29 is 9.90 Å². The summed E-state index contributed by atoms with van der Waals surface area (Å²) in [6.45, 7) is 2.12. The van der Waals surface area contributed by atoms with Gasteiger partial charge in [0, 0.05) is 44.7 Å². The summed E-state index contributed by atoms with van der Waals surface area (Å²) in [6, 6.07) is 0. The highest BCUT2D eigenvalue weighted by Gasteiger charge is 2.35. The molecule has 3 N–H and O–H groups in total. The molecule has 1 saturated heterocycles. The highest BCUT2D eigenvalue weighted by Crippen LogP contribution is 2.28. The monoisotopic (exact) mass is 306 g/mol. The quantitative estimate of drug-likeness (QED) is 0.752. The molecule has 1 aliphatic heterocycles. The highest BCUT2D eigenvalue weighted by molar-refractivity contribution is 5.80. The van der Waals surface area contributed by atoms with Crippen LogP contribution in [-0.4, -0.2) is 46.5 Å². The minimum Gasteiger partial charge on any atom is -0.393 e. The van der Waals surface area contributed by atoms with Crippen molar-refractivity contribution in [1.82, 2.24) is 20.4 Å². The first-order chi connectivity index (χ1) is 10.6. The van der Waals surface area contributed by atoms with E-state index in [2.05, 4.69) is 15.7 Å². The van der Waals surface area contributed by atoms with Crippen LogP contribution in [0.5, 0.6) is 0 Å².